The zero-order valence-corrected chi connectivity index (χ0v) is 20.6. The van der Waals surface area contributed by atoms with Crippen molar-refractivity contribution in [2.24, 2.45) is 0 Å². The molecule has 0 radical (unpaired) electrons. The lowest BCUT2D eigenvalue weighted by Gasteiger charge is -2.24. The van der Waals surface area contributed by atoms with Crippen molar-refractivity contribution in [3.63, 3.8) is 0 Å². The predicted octanol–water partition coefficient (Wildman–Crippen LogP) is 3.84. The van der Waals surface area contributed by atoms with Crippen LogP contribution in [0, 0.1) is 12.7 Å². The van der Waals surface area contributed by atoms with Gasteiger partial charge in [-0.15, -0.1) is 0 Å². The number of aromatic nitrogens is 2. The maximum absolute atomic E-state index is 14.6. The van der Waals surface area contributed by atoms with Crippen molar-refractivity contribution >= 4 is 21.6 Å². The quantitative estimate of drug-likeness (QED) is 0.371. The van der Waals surface area contributed by atoms with Crippen LogP contribution in [0.2, 0.25) is 0 Å². The number of imidazole rings is 1. The van der Waals surface area contributed by atoms with E-state index in [2.05, 4.69) is 10.3 Å². The van der Waals surface area contributed by atoms with Gasteiger partial charge in [0, 0.05) is 24.6 Å². The Morgan fingerprint density at radius 3 is 2.36 bits per heavy atom. The highest BCUT2D eigenvalue weighted by Gasteiger charge is 2.29. The number of sulfonamides is 1. The lowest BCUT2D eigenvalue weighted by Crippen LogP contribution is -2.41. The molecule has 1 N–H and O–H groups in total. The van der Waals surface area contributed by atoms with E-state index in [0.717, 1.165) is 27.4 Å². The van der Waals surface area contributed by atoms with E-state index in [-0.39, 0.29) is 17.1 Å². The number of methoxy groups -OCH3 is 1. The molecule has 4 aromatic rings. The SMILES string of the molecule is COc1ccc(S(=O)(=O)N(CC(=O)NCc2ccc(-n3ccnc3C)cc2)c2ccccc2F)cc1. The molecule has 0 atom stereocenters. The summed E-state index contributed by atoms with van der Waals surface area (Å²) in [5.74, 6) is -0.0154. The van der Waals surface area contributed by atoms with Gasteiger partial charge in [-0.1, -0.05) is 24.3 Å². The first-order valence-electron chi connectivity index (χ1n) is 11.1. The van der Waals surface area contributed by atoms with E-state index in [1.165, 1.54) is 49.6 Å². The number of hydrogen-bond acceptors (Lipinski definition) is 5. The first-order chi connectivity index (χ1) is 17.3. The second-order valence-electron chi connectivity index (χ2n) is 7.93. The summed E-state index contributed by atoms with van der Waals surface area (Å²) in [4.78, 5) is 16.9. The van der Waals surface area contributed by atoms with Crippen molar-refractivity contribution in [3.8, 4) is 11.4 Å². The van der Waals surface area contributed by atoms with E-state index >= 15 is 0 Å². The molecular weight excluding hydrogens is 483 g/mol. The number of amides is 1. The molecule has 1 amide bonds. The van der Waals surface area contributed by atoms with E-state index in [9.17, 15) is 17.6 Å². The molecule has 10 heteroatoms. The minimum atomic E-state index is -4.25. The number of halogens is 1. The van der Waals surface area contributed by atoms with Crippen LogP contribution in [-0.2, 0) is 21.4 Å². The largest absolute Gasteiger partial charge is 0.497 e. The van der Waals surface area contributed by atoms with Crippen LogP contribution in [0.4, 0.5) is 10.1 Å². The molecule has 0 saturated carbocycles. The summed E-state index contributed by atoms with van der Waals surface area (Å²) in [7, 11) is -2.78. The van der Waals surface area contributed by atoms with E-state index in [1.54, 1.807) is 6.20 Å². The Hall–Kier alpha value is -4.18. The van der Waals surface area contributed by atoms with Crippen molar-refractivity contribution in [1.82, 2.24) is 14.9 Å². The number of ether oxygens (including phenoxy) is 1. The Labute approximate surface area is 209 Å². The molecule has 3 aromatic carbocycles. The summed E-state index contributed by atoms with van der Waals surface area (Å²) in [5.41, 5.74) is 1.53. The van der Waals surface area contributed by atoms with Gasteiger partial charge in [0.25, 0.3) is 10.0 Å². The highest BCUT2D eigenvalue weighted by atomic mass is 32.2. The van der Waals surface area contributed by atoms with Gasteiger partial charge in [0.05, 0.1) is 17.7 Å². The van der Waals surface area contributed by atoms with Crippen molar-refractivity contribution < 1.29 is 22.3 Å². The smallest absolute Gasteiger partial charge is 0.264 e. The molecule has 8 nitrogen and oxygen atoms in total. The maximum atomic E-state index is 14.6. The van der Waals surface area contributed by atoms with Crippen molar-refractivity contribution in [3.05, 3.63) is 102 Å². The third kappa shape index (κ3) is 5.38. The molecule has 0 unspecified atom stereocenters. The average Bonchev–Trinajstić information content (AvgIpc) is 3.32. The number of aryl methyl sites for hydroxylation is 1. The minimum Gasteiger partial charge on any atom is -0.497 e. The molecule has 1 heterocycles. The highest BCUT2D eigenvalue weighted by molar-refractivity contribution is 7.92. The first kappa shape index (κ1) is 24.9. The van der Waals surface area contributed by atoms with Crippen LogP contribution in [0.5, 0.6) is 5.75 Å². The minimum absolute atomic E-state index is 0.0928. The monoisotopic (exact) mass is 508 g/mol. The molecule has 0 fully saturated rings. The summed E-state index contributed by atoms with van der Waals surface area (Å²) in [6, 6.07) is 18.6. The van der Waals surface area contributed by atoms with Gasteiger partial charge in [-0.2, -0.15) is 0 Å². The zero-order valence-electron chi connectivity index (χ0n) is 19.8. The fraction of sp³-hybridized carbons (Fsp3) is 0.154. The summed E-state index contributed by atoms with van der Waals surface area (Å²) in [6.07, 6.45) is 3.57. The van der Waals surface area contributed by atoms with Gasteiger partial charge >= 0.3 is 0 Å². The molecule has 0 spiro atoms. The second kappa shape index (κ2) is 10.6. The van der Waals surface area contributed by atoms with Crippen LogP contribution < -0.4 is 14.4 Å². The lowest BCUT2D eigenvalue weighted by molar-refractivity contribution is -0.119. The molecule has 0 aliphatic carbocycles. The van der Waals surface area contributed by atoms with Crippen molar-refractivity contribution in [1.29, 1.82) is 0 Å². The number of carbonyl (C=O) groups excluding carboxylic acids is 1. The number of hydrogen-bond donors (Lipinski definition) is 1. The lowest BCUT2D eigenvalue weighted by atomic mass is 10.2. The zero-order chi connectivity index (χ0) is 25.7. The van der Waals surface area contributed by atoms with Crippen molar-refractivity contribution in [2.75, 3.05) is 18.0 Å². The summed E-state index contributed by atoms with van der Waals surface area (Å²) in [5, 5.41) is 2.72. The highest BCUT2D eigenvalue weighted by Crippen LogP contribution is 2.27. The van der Waals surface area contributed by atoms with Crippen LogP contribution >= 0.6 is 0 Å². The number of rotatable bonds is 9. The van der Waals surface area contributed by atoms with E-state index < -0.39 is 28.3 Å². The number of benzene rings is 3. The normalized spacial score (nSPS) is 11.2. The van der Waals surface area contributed by atoms with Crippen LogP contribution in [0.15, 0.2) is 90.1 Å². The Morgan fingerprint density at radius 1 is 1.06 bits per heavy atom. The fourth-order valence-corrected chi connectivity index (χ4v) is 5.07. The van der Waals surface area contributed by atoms with Gasteiger partial charge in [0.1, 0.15) is 23.9 Å². The molecule has 186 valence electrons. The molecule has 1 aromatic heterocycles. The molecule has 0 saturated heterocycles. The average molecular weight is 509 g/mol. The number of carbonyl (C=O) groups is 1. The van der Waals surface area contributed by atoms with E-state index in [4.69, 9.17) is 4.74 Å². The van der Waals surface area contributed by atoms with Gasteiger partial charge in [0.2, 0.25) is 5.91 Å². The second-order valence-corrected chi connectivity index (χ2v) is 9.79. The topological polar surface area (TPSA) is 93.5 Å². The summed E-state index contributed by atoms with van der Waals surface area (Å²) < 4.78 is 49.2. The fourth-order valence-electron chi connectivity index (χ4n) is 3.64. The number of para-hydroxylation sites is 1. The molecule has 4 rings (SSSR count). The van der Waals surface area contributed by atoms with Crippen LogP contribution in [0.3, 0.4) is 0 Å². The van der Waals surface area contributed by atoms with Crippen LogP contribution in [0.1, 0.15) is 11.4 Å². The van der Waals surface area contributed by atoms with Gasteiger partial charge < -0.3 is 14.6 Å². The van der Waals surface area contributed by atoms with E-state index in [1.807, 2.05) is 42.0 Å². The maximum Gasteiger partial charge on any atom is 0.264 e. The molecule has 36 heavy (non-hydrogen) atoms. The molecule has 0 aliphatic heterocycles. The van der Waals surface area contributed by atoms with Crippen molar-refractivity contribution in [2.45, 2.75) is 18.4 Å². The first-order valence-corrected chi connectivity index (χ1v) is 12.5. The van der Waals surface area contributed by atoms with Gasteiger partial charge in [-0.3, -0.25) is 9.10 Å². The molecule has 0 bridgehead atoms. The Morgan fingerprint density at radius 2 is 1.75 bits per heavy atom. The Balaban J connectivity index is 1.51. The predicted molar refractivity (Wildman–Crippen MR) is 134 cm³/mol. The number of nitrogens with zero attached hydrogens (tertiary/aromatic N) is 3. The number of anilines is 1. The standard InChI is InChI=1S/C26H25FN4O4S/c1-19-28-15-16-30(19)21-9-7-20(8-10-21)17-29-26(32)18-31(25-6-4-3-5-24(25)27)36(33,34)23-13-11-22(35-2)12-14-23/h3-16H,17-18H2,1-2H3,(H,29,32). The van der Waals surface area contributed by atoms with Gasteiger partial charge in [-0.05, 0) is 61.0 Å². The Kier molecular flexibility index (Phi) is 7.35. The number of nitrogens with one attached hydrogen (secondary N) is 1. The Bertz CT molecular complexity index is 1450. The van der Waals surface area contributed by atoms with Crippen LogP contribution in [0.25, 0.3) is 5.69 Å². The molecular formula is C26H25FN4O4S. The summed E-state index contributed by atoms with van der Waals surface area (Å²) in [6.45, 7) is 1.48. The molecule has 0 aliphatic rings. The third-order valence-electron chi connectivity index (χ3n) is 5.59. The van der Waals surface area contributed by atoms with Crippen LogP contribution in [-0.4, -0.2) is 37.5 Å². The van der Waals surface area contributed by atoms with Gasteiger partial charge in [0.15, 0.2) is 0 Å². The van der Waals surface area contributed by atoms with E-state index in [0.29, 0.717) is 5.75 Å². The summed E-state index contributed by atoms with van der Waals surface area (Å²) >= 11 is 0. The van der Waals surface area contributed by atoms with Gasteiger partial charge in [-0.25, -0.2) is 17.8 Å². The third-order valence-corrected chi connectivity index (χ3v) is 7.36.